The Kier molecular flexibility index (Phi) is 5.74. The molecule has 1 aromatic heterocycles. The third-order valence-corrected chi connectivity index (χ3v) is 3.30. The molecule has 0 saturated carbocycles. The second-order valence-electron chi connectivity index (χ2n) is 4.05. The summed E-state index contributed by atoms with van der Waals surface area (Å²) < 4.78 is 0. The van der Waals surface area contributed by atoms with Gasteiger partial charge in [0.2, 0.25) is 0 Å². The van der Waals surface area contributed by atoms with Gasteiger partial charge in [0.15, 0.2) is 0 Å². The van der Waals surface area contributed by atoms with Crippen molar-refractivity contribution in [1.29, 1.82) is 0 Å². The van der Waals surface area contributed by atoms with Crippen LogP contribution >= 0.6 is 11.6 Å². The normalized spacial score (nSPS) is 13.1. The summed E-state index contributed by atoms with van der Waals surface area (Å²) in [6, 6.07) is 3.94. The van der Waals surface area contributed by atoms with Crippen LogP contribution < -0.4 is 11.3 Å². The van der Waals surface area contributed by atoms with Gasteiger partial charge in [0.05, 0.1) is 0 Å². The molecule has 1 unspecified atom stereocenters. The smallest absolute Gasteiger partial charge is 0.129 e. The van der Waals surface area contributed by atoms with Crippen molar-refractivity contribution < 1.29 is 0 Å². The highest BCUT2D eigenvalue weighted by atomic mass is 35.5. The lowest BCUT2D eigenvalue weighted by molar-refractivity contribution is 0.374. The van der Waals surface area contributed by atoms with Gasteiger partial charge in [0.25, 0.3) is 0 Å². The van der Waals surface area contributed by atoms with Gasteiger partial charge >= 0.3 is 0 Å². The van der Waals surface area contributed by atoms with Gasteiger partial charge in [-0.15, -0.1) is 0 Å². The molecule has 0 bridgehead atoms. The first-order chi connectivity index (χ1) is 7.71. The van der Waals surface area contributed by atoms with Crippen LogP contribution in [0.2, 0.25) is 5.15 Å². The lowest BCUT2D eigenvalue weighted by Crippen LogP contribution is -2.29. The number of hydrazine groups is 1. The highest BCUT2D eigenvalue weighted by Crippen LogP contribution is 2.24. The zero-order chi connectivity index (χ0) is 12.0. The van der Waals surface area contributed by atoms with Crippen molar-refractivity contribution in [2.24, 2.45) is 11.8 Å². The topological polar surface area (TPSA) is 50.9 Å². The number of hydrogen-bond donors (Lipinski definition) is 2. The standard InChI is InChI=1S/C12H20ClN3/c1-3-9(4-2)7-11(16-14)10-5-6-12(13)15-8-10/h5-6,8-9,11,16H,3-4,7,14H2,1-2H3. The molecule has 0 spiro atoms. The highest BCUT2D eigenvalue weighted by Gasteiger charge is 2.14. The van der Waals surface area contributed by atoms with Crippen molar-refractivity contribution in [3.63, 3.8) is 0 Å². The molecule has 1 aromatic rings. The van der Waals surface area contributed by atoms with Crippen LogP contribution in [0.5, 0.6) is 0 Å². The first-order valence-corrected chi connectivity index (χ1v) is 6.16. The van der Waals surface area contributed by atoms with E-state index in [1.165, 1.54) is 12.8 Å². The van der Waals surface area contributed by atoms with Crippen LogP contribution in [0.25, 0.3) is 0 Å². The molecule has 90 valence electrons. The number of nitrogens with one attached hydrogen (secondary N) is 1. The average Bonchev–Trinajstić information content (AvgIpc) is 2.32. The Morgan fingerprint density at radius 3 is 2.50 bits per heavy atom. The van der Waals surface area contributed by atoms with E-state index in [1.807, 2.05) is 6.07 Å². The zero-order valence-corrected chi connectivity index (χ0v) is 10.7. The molecular weight excluding hydrogens is 222 g/mol. The minimum atomic E-state index is 0.162. The van der Waals surface area contributed by atoms with E-state index in [1.54, 1.807) is 12.3 Å². The summed E-state index contributed by atoms with van der Waals surface area (Å²) in [5, 5.41) is 0.516. The number of rotatable bonds is 6. The highest BCUT2D eigenvalue weighted by molar-refractivity contribution is 6.29. The average molecular weight is 242 g/mol. The van der Waals surface area contributed by atoms with Crippen molar-refractivity contribution in [2.75, 3.05) is 0 Å². The van der Waals surface area contributed by atoms with Crippen LogP contribution in [0.4, 0.5) is 0 Å². The van der Waals surface area contributed by atoms with Gasteiger partial charge in [-0.2, -0.15) is 0 Å². The van der Waals surface area contributed by atoms with Crippen LogP contribution in [-0.4, -0.2) is 4.98 Å². The molecule has 1 atom stereocenters. The number of halogens is 1. The SMILES string of the molecule is CCC(CC)CC(NN)c1ccc(Cl)nc1. The molecule has 0 radical (unpaired) electrons. The monoisotopic (exact) mass is 241 g/mol. The summed E-state index contributed by atoms with van der Waals surface area (Å²) in [5.74, 6) is 6.28. The number of pyridine rings is 1. The van der Waals surface area contributed by atoms with Gasteiger partial charge in [-0.1, -0.05) is 44.4 Å². The fourth-order valence-corrected chi connectivity index (χ4v) is 1.96. The number of hydrogen-bond acceptors (Lipinski definition) is 3. The van der Waals surface area contributed by atoms with E-state index in [-0.39, 0.29) is 6.04 Å². The molecule has 0 amide bonds. The van der Waals surface area contributed by atoms with Gasteiger partial charge in [-0.05, 0) is 24.0 Å². The van der Waals surface area contributed by atoms with Crippen LogP contribution in [0.3, 0.4) is 0 Å². The Morgan fingerprint density at radius 2 is 2.06 bits per heavy atom. The Morgan fingerprint density at radius 1 is 1.38 bits per heavy atom. The summed E-state index contributed by atoms with van der Waals surface area (Å²) in [5.41, 5.74) is 3.95. The second kappa shape index (κ2) is 6.84. The Bertz CT molecular complexity index is 296. The minimum Gasteiger partial charge on any atom is -0.271 e. The molecule has 1 rings (SSSR count). The molecule has 4 heteroatoms. The minimum absolute atomic E-state index is 0.162. The third kappa shape index (κ3) is 3.74. The molecule has 3 N–H and O–H groups in total. The van der Waals surface area contributed by atoms with Crippen molar-refractivity contribution in [3.8, 4) is 0 Å². The zero-order valence-electron chi connectivity index (χ0n) is 9.91. The van der Waals surface area contributed by atoms with E-state index >= 15 is 0 Å². The van der Waals surface area contributed by atoms with E-state index < -0.39 is 0 Å². The number of aromatic nitrogens is 1. The fraction of sp³-hybridized carbons (Fsp3) is 0.583. The first kappa shape index (κ1) is 13.4. The Balaban J connectivity index is 2.70. The lowest BCUT2D eigenvalue weighted by atomic mass is 9.92. The molecule has 16 heavy (non-hydrogen) atoms. The summed E-state index contributed by atoms with van der Waals surface area (Å²) in [7, 11) is 0. The van der Waals surface area contributed by atoms with Crippen molar-refractivity contribution in [3.05, 3.63) is 29.0 Å². The number of nitrogens with zero attached hydrogens (tertiary/aromatic N) is 1. The van der Waals surface area contributed by atoms with Crippen molar-refractivity contribution >= 4 is 11.6 Å². The first-order valence-electron chi connectivity index (χ1n) is 5.78. The Hall–Kier alpha value is -0.640. The fourth-order valence-electron chi connectivity index (χ4n) is 1.85. The quantitative estimate of drug-likeness (QED) is 0.457. The molecule has 0 aliphatic carbocycles. The van der Waals surface area contributed by atoms with E-state index in [9.17, 15) is 0 Å². The summed E-state index contributed by atoms with van der Waals surface area (Å²) in [4.78, 5) is 4.08. The predicted octanol–water partition coefficient (Wildman–Crippen LogP) is 3.07. The summed E-state index contributed by atoms with van der Waals surface area (Å²) in [6.45, 7) is 4.42. The Labute approximate surface area is 102 Å². The summed E-state index contributed by atoms with van der Waals surface area (Å²) >= 11 is 5.76. The van der Waals surface area contributed by atoms with Crippen molar-refractivity contribution in [1.82, 2.24) is 10.4 Å². The molecule has 3 nitrogen and oxygen atoms in total. The van der Waals surface area contributed by atoms with Crippen LogP contribution in [0, 0.1) is 5.92 Å². The van der Waals surface area contributed by atoms with Gasteiger partial charge in [-0.25, -0.2) is 4.98 Å². The van der Waals surface area contributed by atoms with Gasteiger partial charge in [0, 0.05) is 12.2 Å². The maximum Gasteiger partial charge on any atom is 0.129 e. The van der Waals surface area contributed by atoms with Crippen LogP contribution in [0.1, 0.15) is 44.7 Å². The maximum absolute atomic E-state index is 5.76. The van der Waals surface area contributed by atoms with Gasteiger partial charge < -0.3 is 0 Å². The largest absolute Gasteiger partial charge is 0.271 e. The summed E-state index contributed by atoms with van der Waals surface area (Å²) in [6.07, 6.45) is 5.17. The predicted molar refractivity (Wildman–Crippen MR) is 68.0 cm³/mol. The van der Waals surface area contributed by atoms with Gasteiger partial charge in [-0.3, -0.25) is 11.3 Å². The van der Waals surface area contributed by atoms with E-state index in [0.29, 0.717) is 11.1 Å². The van der Waals surface area contributed by atoms with Crippen molar-refractivity contribution in [2.45, 2.75) is 39.2 Å². The van der Waals surface area contributed by atoms with E-state index in [2.05, 4.69) is 24.3 Å². The molecule has 0 fully saturated rings. The van der Waals surface area contributed by atoms with Crippen LogP contribution in [-0.2, 0) is 0 Å². The van der Waals surface area contributed by atoms with E-state index in [4.69, 9.17) is 17.4 Å². The maximum atomic E-state index is 5.76. The number of nitrogens with two attached hydrogens (primary N) is 1. The van der Waals surface area contributed by atoms with Gasteiger partial charge in [0.1, 0.15) is 5.15 Å². The third-order valence-electron chi connectivity index (χ3n) is 3.08. The second-order valence-corrected chi connectivity index (χ2v) is 4.44. The molecule has 0 aliphatic rings. The molecule has 1 heterocycles. The molecular formula is C12H20ClN3. The molecule has 0 aromatic carbocycles. The lowest BCUT2D eigenvalue weighted by Gasteiger charge is -2.21. The van der Waals surface area contributed by atoms with Crippen LogP contribution in [0.15, 0.2) is 18.3 Å². The molecule has 0 aliphatic heterocycles. The molecule has 0 saturated heterocycles. The van der Waals surface area contributed by atoms with E-state index in [0.717, 1.165) is 12.0 Å².